The van der Waals surface area contributed by atoms with Crippen molar-refractivity contribution >= 4 is 29.1 Å². The Morgan fingerprint density at radius 3 is 2.18 bits per heavy atom. The summed E-state index contributed by atoms with van der Waals surface area (Å²) in [6.07, 6.45) is 0. The predicted molar refractivity (Wildman–Crippen MR) is 147 cm³/mol. The molecule has 1 atom stereocenters. The molecule has 1 amide bonds. The molecule has 0 spiro atoms. The lowest BCUT2D eigenvalue weighted by molar-refractivity contribution is -0.132. The number of hydrogen-bond donors (Lipinski definition) is 1. The molecule has 0 radical (unpaired) electrons. The number of ether oxygens (including phenoxy) is 3. The third-order valence-electron chi connectivity index (χ3n) is 6.55. The van der Waals surface area contributed by atoms with Crippen LogP contribution in [0.3, 0.4) is 0 Å². The van der Waals surface area contributed by atoms with Gasteiger partial charge in [0.2, 0.25) is 0 Å². The Morgan fingerprint density at radius 1 is 0.897 bits per heavy atom. The molecule has 3 aromatic carbocycles. The Labute approximate surface area is 227 Å². The number of Topliss-reactive ketones (excluding diaryl/α,β-unsaturated/α-hetero) is 1. The van der Waals surface area contributed by atoms with E-state index in [2.05, 4.69) is 0 Å². The van der Waals surface area contributed by atoms with Crippen molar-refractivity contribution in [2.24, 2.45) is 0 Å². The van der Waals surface area contributed by atoms with Gasteiger partial charge in [-0.2, -0.15) is 0 Å². The number of ketones is 1. The van der Waals surface area contributed by atoms with Crippen molar-refractivity contribution in [1.29, 1.82) is 0 Å². The van der Waals surface area contributed by atoms with E-state index in [0.717, 1.165) is 5.56 Å². The van der Waals surface area contributed by atoms with Gasteiger partial charge in [0.05, 0.1) is 31.4 Å². The summed E-state index contributed by atoms with van der Waals surface area (Å²) in [5.41, 5.74) is 1.72. The van der Waals surface area contributed by atoms with Crippen LogP contribution in [0.4, 0.5) is 5.69 Å². The molecule has 0 saturated carbocycles. The third-order valence-corrected chi connectivity index (χ3v) is 6.55. The van der Waals surface area contributed by atoms with Crippen LogP contribution < -0.4 is 19.1 Å². The summed E-state index contributed by atoms with van der Waals surface area (Å²) in [5.74, 6) is -1.37. The number of aliphatic hydroxyl groups excluding tert-OH is 1. The average molecular weight is 530 g/mol. The fourth-order valence-corrected chi connectivity index (χ4v) is 4.58. The van der Waals surface area contributed by atoms with Gasteiger partial charge >= 0.3 is 5.97 Å². The van der Waals surface area contributed by atoms with Gasteiger partial charge in [0.15, 0.2) is 0 Å². The Hall–Kier alpha value is -4.59. The van der Waals surface area contributed by atoms with Crippen LogP contribution in [-0.2, 0) is 19.8 Å². The maximum Gasteiger partial charge on any atom is 0.308 e. The molecule has 1 aliphatic heterocycles. The largest absolute Gasteiger partial charge is 0.507 e. The van der Waals surface area contributed by atoms with E-state index >= 15 is 0 Å². The van der Waals surface area contributed by atoms with Gasteiger partial charge in [-0.05, 0) is 65.1 Å². The van der Waals surface area contributed by atoms with E-state index in [-0.39, 0.29) is 22.5 Å². The minimum atomic E-state index is -1.02. The first-order chi connectivity index (χ1) is 18.5. The molecule has 8 heteroatoms. The molecule has 0 aromatic heterocycles. The molecule has 8 nitrogen and oxygen atoms in total. The average Bonchev–Trinajstić information content (AvgIpc) is 3.17. The van der Waals surface area contributed by atoms with E-state index in [4.69, 9.17) is 14.2 Å². The number of aliphatic hydroxyl groups is 1. The van der Waals surface area contributed by atoms with Crippen molar-refractivity contribution < 1.29 is 33.7 Å². The lowest BCUT2D eigenvalue weighted by Crippen LogP contribution is -2.29. The number of anilines is 1. The van der Waals surface area contributed by atoms with Crippen LogP contribution >= 0.6 is 0 Å². The number of hydrogen-bond acceptors (Lipinski definition) is 7. The van der Waals surface area contributed by atoms with Crippen LogP contribution in [0.25, 0.3) is 5.76 Å². The van der Waals surface area contributed by atoms with E-state index in [1.807, 2.05) is 26.8 Å². The second-order valence-corrected chi connectivity index (χ2v) is 10.2. The summed E-state index contributed by atoms with van der Waals surface area (Å²) in [5, 5.41) is 11.7. The Kier molecular flexibility index (Phi) is 7.49. The zero-order valence-corrected chi connectivity index (χ0v) is 22.8. The highest BCUT2D eigenvalue weighted by Gasteiger charge is 2.47. The SMILES string of the molecule is COc1ccc(N2C(=O)C(=O)/C(=C(/O)c3cc(C(C)(C)C)ccc3OC)C2c2cccc(OC(C)=O)c2)cc1. The van der Waals surface area contributed by atoms with Crippen LogP contribution in [-0.4, -0.2) is 37.0 Å². The summed E-state index contributed by atoms with van der Waals surface area (Å²) in [7, 11) is 3.00. The van der Waals surface area contributed by atoms with Gasteiger partial charge in [0, 0.05) is 12.6 Å². The first kappa shape index (κ1) is 27.4. The number of benzene rings is 3. The van der Waals surface area contributed by atoms with Crippen molar-refractivity contribution in [2.75, 3.05) is 19.1 Å². The highest BCUT2D eigenvalue weighted by atomic mass is 16.5. The van der Waals surface area contributed by atoms with Crippen molar-refractivity contribution in [2.45, 2.75) is 39.2 Å². The molecule has 0 bridgehead atoms. The number of esters is 1. The summed E-state index contributed by atoms with van der Waals surface area (Å²) in [6, 6.07) is 17.6. The fourth-order valence-electron chi connectivity index (χ4n) is 4.58. The van der Waals surface area contributed by atoms with Gasteiger partial charge in [-0.3, -0.25) is 19.3 Å². The molecule has 3 aromatic rings. The van der Waals surface area contributed by atoms with Crippen LogP contribution in [0.2, 0.25) is 0 Å². The molecular weight excluding hydrogens is 498 g/mol. The van der Waals surface area contributed by atoms with Crippen LogP contribution in [0.5, 0.6) is 17.2 Å². The zero-order valence-electron chi connectivity index (χ0n) is 22.8. The molecule has 202 valence electrons. The standard InChI is InChI=1S/C31H31NO7/c1-18(33)39-23-9-7-8-19(16-23)27-26(28(34)24-17-20(31(2,3)4)10-15-25(24)38-6)29(35)30(36)32(27)21-11-13-22(37-5)14-12-21/h7-17,27,34H,1-6H3/b28-26+. The lowest BCUT2D eigenvalue weighted by atomic mass is 9.85. The molecule has 39 heavy (non-hydrogen) atoms. The van der Waals surface area contributed by atoms with E-state index in [0.29, 0.717) is 28.3 Å². The number of methoxy groups -OCH3 is 2. The number of rotatable bonds is 6. The smallest absolute Gasteiger partial charge is 0.308 e. The first-order valence-corrected chi connectivity index (χ1v) is 12.4. The van der Waals surface area contributed by atoms with Crippen molar-refractivity contribution in [3.05, 3.63) is 89.0 Å². The quantitative estimate of drug-likeness (QED) is 0.147. The molecule has 4 rings (SSSR count). The zero-order chi connectivity index (χ0) is 28.5. The van der Waals surface area contributed by atoms with Gasteiger partial charge in [0.1, 0.15) is 23.0 Å². The summed E-state index contributed by atoms with van der Waals surface area (Å²) in [6.45, 7) is 7.37. The van der Waals surface area contributed by atoms with E-state index in [9.17, 15) is 19.5 Å². The van der Waals surface area contributed by atoms with Crippen molar-refractivity contribution in [3.8, 4) is 17.2 Å². The van der Waals surface area contributed by atoms with E-state index in [1.165, 1.54) is 26.0 Å². The Balaban J connectivity index is 1.99. The topological polar surface area (TPSA) is 102 Å². The maximum atomic E-state index is 13.6. The number of carbonyl (C=O) groups excluding carboxylic acids is 3. The normalized spacial score (nSPS) is 16.8. The summed E-state index contributed by atoms with van der Waals surface area (Å²) >= 11 is 0. The minimum absolute atomic E-state index is 0.111. The molecule has 1 unspecified atom stereocenters. The second-order valence-electron chi connectivity index (χ2n) is 10.2. The van der Waals surface area contributed by atoms with Crippen LogP contribution in [0.15, 0.2) is 72.3 Å². The fraction of sp³-hybridized carbons (Fsp3) is 0.258. The monoisotopic (exact) mass is 529 g/mol. The van der Waals surface area contributed by atoms with Crippen LogP contribution in [0, 0.1) is 0 Å². The van der Waals surface area contributed by atoms with Crippen molar-refractivity contribution in [1.82, 2.24) is 0 Å². The predicted octanol–water partition coefficient (Wildman–Crippen LogP) is 5.55. The van der Waals surface area contributed by atoms with Crippen molar-refractivity contribution in [3.63, 3.8) is 0 Å². The molecular formula is C31H31NO7. The highest BCUT2D eigenvalue weighted by Crippen LogP contribution is 2.44. The van der Waals surface area contributed by atoms with Gasteiger partial charge in [-0.15, -0.1) is 0 Å². The number of carbonyl (C=O) groups is 3. The summed E-state index contributed by atoms with van der Waals surface area (Å²) in [4.78, 5) is 40.1. The third kappa shape index (κ3) is 5.36. The van der Waals surface area contributed by atoms with Crippen LogP contribution in [0.1, 0.15) is 50.4 Å². The van der Waals surface area contributed by atoms with Gasteiger partial charge in [-0.1, -0.05) is 39.0 Å². The first-order valence-electron chi connectivity index (χ1n) is 12.4. The molecule has 1 saturated heterocycles. The molecule has 0 aliphatic carbocycles. The molecule has 1 N–H and O–H groups in total. The van der Waals surface area contributed by atoms with E-state index in [1.54, 1.807) is 60.7 Å². The van der Waals surface area contributed by atoms with Gasteiger partial charge < -0.3 is 19.3 Å². The Morgan fingerprint density at radius 2 is 1.59 bits per heavy atom. The van der Waals surface area contributed by atoms with Gasteiger partial charge in [0.25, 0.3) is 11.7 Å². The lowest BCUT2D eigenvalue weighted by Gasteiger charge is -2.26. The maximum absolute atomic E-state index is 13.6. The highest BCUT2D eigenvalue weighted by molar-refractivity contribution is 6.51. The summed E-state index contributed by atoms with van der Waals surface area (Å²) < 4.78 is 16.0. The molecule has 1 heterocycles. The second kappa shape index (κ2) is 10.6. The number of nitrogens with zero attached hydrogens (tertiary/aromatic N) is 1. The minimum Gasteiger partial charge on any atom is -0.507 e. The number of amides is 1. The Bertz CT molecular complexity index is 1460. The van der Waals surface area contributed by atoms with Gasteiger partial charge in [-0.25, -0.2) is 0 Å². The van der Waals surface area contributed by atoms with E-state index < -0.39 is 23.7 Å². The molecule has 1 aliphatic rings. The molecule has 1 fully saturated rings.